The summed E-state index contributed by atoms with van der Waals surface area (Å²) in [4.78, 5) is 0. The minimum Gasteiger partial charge on any atom is -0.380 e. The Balaban J connectivity index is 3.43. The van der Waals surface area contributed by atoms with Gasteiger partial charge in [0.2, 0.25) is 0 Å². The Kier molecular flexibility index (Phi) is 3.33. The first kappa shape index (κ1) is 11.3. The van der Waals surface area contributed by atoms with Crippen molar-refractivity contribution in [2.45, 2.75) is 41.2 Å². The van der Waals surface area contributed by atoms with Crippen LogP contribution >= 0.6 is 0 Å². The van der Waals surface area contributed by atoms with Crippen LogP contribution in [0, 0.1) is 34.6 Å². The summed E-state index contributed by atoms with van der Waals surface area (Å²) in [5.41, 5.74) is 8.34. The molecular weight excluding hydrogens is 172 g/mol. The Morgan fingerprint density at radius 3 is 1.43 bits per heavy atom. The first-order chi connectivity index (χ1) is 6.50. The molecule has 0 fully saturated rings. The molecule has 0 aromatic heterocycles. The maximum atomic E-state index is 5.24. The molecular formula is C13H20O. The number of ether oxygens (including phenoxy) is 1. The molecule has 0 aliphatic heterocycles. The fourth-order valence-electron chi connectivity index (χ4n) is 1.94. The highest BCUT2D eigenvalue weighted by molar-refractivity contribution is 5.49. The van der Waals surface area contributed by atoms with E-state index in [0.29, 0.717) is 0 Å². The molecule has 0 spiro atoms. The molecule has 78 valence electrons. The molecule has 0 N–H and O–H groups in total. The average Bonchev–Trinajstić information content (AvgIpc) is 2.19. The third-order valence-electron chi connectivity index (χ3n) is 3.44. The van der Waals surface area contributed by atoms with Crippen LogP contribution in [0.25, 0.3) is 0 Å². The normalized spacial score (nSPS) is 10.7. The maximum Gasteiger partial charge on any atom is 0.0718 e. The summed E-state index contributed by atoms with van der Waals surface area (Å²) in [6.07, 6.45) is 0. The first-order valence-corrected chi connectivity index (χ1v) is 5.05. The Morgan fingerprint density at radius 1 is 0.714 bits per heavy atom. The molecule has 0 saturated carbocycles. The second-order valence-corrected chi connectivity index (χ2v) is 4.04. The van der Waals surface area contributed by atoms with Gasteiger partial charge in [0, 0.05) is 7.11 Å². The predicted molar refractivity (Wildman–Crippen MR) is 60.8 cm³/mol. The van der Waals surface area contributed by atoms with Crippen LogP contribution in [0.5, 0.6) is 0 Å². The van der Waals surface area contributed by atoms with Crippen molar-refractivity contribution in [1.82, 2.24) is 0 Å². The summed E-state index contributed by atoms with van der Waals surface area (Å²) >= 11 is 0. The van der Waals surface area contributed by atoms with E-state index in [1.54, 1.807) is 7.11 Å². The van der Waals surface area contributed by atoms with Crippen molar-refractivity contribution in [3.63, 3.8) is 0 Å². The van der Waals surface area contributed by atoms with Gasteiger partial charge in [-0.05, 0) is 68.0 Å². The average molecular weight is 192 g/mol. The summed E-state index contributed by atoms with van der Waals surface area (Å²) in [7, 11) is 1.75. The van der Waals surface area contributed by atoms with Gasteiger partial charge < -0.3 is 4.74 Å². The fraction of sp³-hybridized carbons (Fsp3) is 0.538. The van der Waals surface area contributed by atoms with E-state index in [2.05, 4.69) is 34.6 Å². The topological polar surface area (TPSA) is 9.23 Å². The molecule has 1 nitrogen and oxygen atoms in total. The van der Waals surface area contributed by atoms with E-state index in [4.69, 9.17) is 4.74 Å². The number of hydrogen-bond donors (Lipinski definition) is 0. The Labute approximate surface area is 87.1 Å². The molecule has 0 aliphatic carbocycles. The summed E-state index contributed by atoms with van der Waals surface area (Å²) in [5, 5.41) is 0. The number of rotatable bonds is 2. The van der Waals surface area contributed by atoms with E-state index in [0.717, 1.165) is 6.61 Å². The van der Waals surface area contributed by atoms with E-state index in [1.165, 1.54) is 33.4 Å². The van der Waals surface area contributed by atoms with Crippen LogP contribution in [0.1, 0.15) is 33.4 Å². The largest absolute Gasteiger partial charge is 0.380 e. The van der Waals surface area contributed by atoms with Gasteiger partial charge in [-0.2, -0.15) is 0 Å². The number of methoxy groups -OCH3 is 1. The van der Waals surface area contributed by atoms with Crippen LogP contribution in [-0.2, 0) is 11.3 Å². The molecule has 1 heteroatoms. The van der Waals surface area contributed by atoms with Gasteiger partial charge in [-0.25, -0.2) is 0 Å². The van der Waals surface area contributed by atoms with Gasteiger partial charge in [-0.15, -0.1) is 0 Å². The SMILES string of the molecule is COCc1c(C)c(C)c(C)c(C)c1C. The van der Waals surface area contributed by atoms with Gasteiger partial charge in [0.15, 0.2) is 0 Å². The lowest BCUT2D eigenvalue weighted by Crippen LogP contribution is -2.03. The molecule has 1 aromatic rings. The lowest BCUT2D eigenvalue weighted by atomic mass is 9.90. The second kappa shape index (κ2) is 4.14. The van der Waals surface area contributed by atoms with Crippen molar-refractivity contribution in [3.05, 3.63) is 33.4 Å². The Morgan fingerprint density at radius 2 is 1.07 bits per heavy atom. The van der Waals surface area contributed by atoms with Crippen LogP contribution in [0.3, 0.4) is 0 Å². The second-order valence-electron chi connectivity index (χ2n) is 4.04. The van der Waals surface area contributed by atoms with Crippen molar-refractivity contribution in [1.29, 1.82) is 0 Å². The molecule has 14 heavy (non-hydrogen) atoms. The van der Waals surface area contributed by atoms with E-state index < -0.39 is 0 Å². The summed E-state index contributed by atoms with van der Waals surface area (Å²) < 4.78 is 5.24. The molecule has 0 bridgehead atoms. The lowest BCUT2D eigenvalue weighted by molar-refractivity contribution is 0.183. The zero-order valence-electron chi connectivity index (χ0n) is 10.1. The van der Waals surface area contributed by atoms with Gasteiger partial charge >= 0.3 is 0 Å². The standard InChI is InChI=1S/C13H20O/c1-8-9(2)11(4)13(7-14-6)12(5)10(8)3/h7H2,1-6H3. The summed E-state index contributed by atoms with van der Waals surface area (Å²) in [6, 6.07) is 0. The summed E-state index contributed by atoms with van der Waals surface area (Å²) in [5.74, 6) is 0. The van der Waals surface area contributed by atoms with Gasteiger partial charge in [0.1, 0.15) is 0 Å². The third-order valence-corrected chi connectivity index (χ3v) is 3.44. The van der Waals surface area contributed by atoms with Crippen molar-refractivity contribution in [2.75, 3.05) is 7.11 Å². The molecule has 0 saturated heterocycles. The Bertz CT molecular complexity index is 322. The molecule has 0 unspecified atom stereocenters. The van der Waals surface area contributed by atoms with Crippen LogP contribution in [0.2, 0.25) is 0 Å². The Hall–Kier alpha value is -0.820. The molecule has 0 radical (unpaired) electrons. The van der Waals surface area contributed by atoms with Gasteiger partial charge in [0.05, 0.1) is 6.61 Å². The zero-order valence-corrected chi connectivity index (χ0v) is 10.1. The highest BCUT2D eigenvalue weighted by Crippen LogP contribution is 2.26. The zero-order chi connectivity index (χ0) is 10.9. The monoisotopic (exact) mass is 192 g/mol. The summed E-state index contributed by atoms with van der Waals surface area (Å²) in [6.45, 7) is 11.7. The van der Waals surface area contributed by atoms with E-state index in [-0.39, 0.29) is 0 Å². The van der Waals surface area contributed by atoms with Crippen molar-refractivity contribution in [3.8, 4) is 0 Å². The molecule has 0 atom stereocenters. The van der Waals surface area contributed by atoms with Crippen LogP contribution in [-0.4, -0.2) is 7.11 Å². The molecule has 0 amide bonds. The minimum atomic E-state index is 0.722. The number of hydrogen-bond acceptors (Lipinski definition) is 1. The third kappa shape index (κ3) is 1.69. The van der Waals surface area contributed by atoms with Crippen LogP contribution in [0.15, 0.2) is 0 Å². The lowest BCUT2D eigenvalue weighted by Gasteiger charge is -2.17. The fourth-order valence-corrected chi connectivity index (χ4v) is 1.94. The predicted octanol–water partition coefficient (Wildman–Crippen LogP) is 3.38. The van der Waals surface area contributed by atoms with E-state index in [9.17, 15) is 0 Å². The smallest absolute Gasteiger partial charge is 0.0718 e. The highest BCUT2D eigenvalue weighted by atomic mass is 16.5. The van der Waals surface area contributed by atoms with Gasteiger partial charge in [0.25, 0.3) is 0 Å². The van der Waals surface area contributed by atoms with Crippen LogP contribution in [0.4, 0.5) is 0 Å². The van der Waals surface area contributed by atoms with Crippen molar-refractivity contribution >= 4 is 0 Å². The molecule has 0 heterocycles. The molecule has 1 rings (SSSR count). The molecule has 1 aromatic carbocycles. The minimum absolute atomic E-state index is 0.722. The highest BCUT2D eigenvalue weighted by Gasteiger charge is 2.11. The van der Waals surface area contributed by atoms with E-state index in [1.807, 2.05) is 0 Å². The van der Waals surface area contributed by atoms with Gasteiger partial charge in [-0.1, -0.05) is 0 Å². The van der Waals surface area contributed by atoms with Crippen molar-refractivity contribution in [2.24, 2.45) is 0 Å². The van der Waals surface area contributed by atoms with Crippen molar-refractivity contribution < 1.29 is 4.74 Å². The van der Waals surface area contributed by atoms with E-state index >= 15 is 0 Å². The van der Waals surface area contributed by atoms with Crippen LogP contribution < -0.4 is 0 Å². The maximum absolute atomic E-state index is 5.24. The number of benzene rings is 1. The van der Waals surface area contributed by atoms with Gasteiger partial charge in [-0.3, -0.25) is 0 Å². The first-order valence-electron chi connectivity index (χ1n) is 5.05. The quantitative estimate of drug-likeness (QED) is 0.698. The molecule has 0 aliphatic rings.